The van der Waals surface area contributed by atoms with E-state index >= 15 is 0 Å². The Balaban J connectivity index is 1.67. The van der Waals surface area contributed by atoms with Gasteiger partial charge in [0.25, 0.3) is 0 Å². The molecule has 1 heterocycles. The molecule has 0 radical (unpaired) electrons. The van der Waals surface area contributed by atoms with E-state index in [2.05, 4.69) is 41.9 Å². The molecule has 0 aliphatic rings. The second-order valence-electron chi connectivity index (χ2n) is 4.70. The minimum absolute atomic E-state index is 0.137. The lowest BCUT2D eigenvalue weighted by atomic mass is 10.1. The molecule has 0 atom stereocenters. The van der Waals surface area contributed by atoms with Gasteiger partial charge >= 0.3 is 0 Å². The van der Waals surface area contributed by atoms with Crippen LogP contribution in [0.1, 0.15) is 28.8 Å². The SMILES string of the molecule is Cc1cccc(CNC(=O)CCCc2cccs2)c1. The summed E-state index contributed by atoms with van der Waals surface area (Å²) < 4.78 is 0. The van der Waals surface area contributed by atoms with Gasteiger partial charge in [0.2, 0.25) is 5.91 Å². The van der Waals surface area contributed by atoms with Crippen molar-refractivity contribution >= 4 is 17.2 Å². The van der Waals surface area contributed by atoms with Crippen LogP contribution in [0.5, 0.6) is 0 Å². The zero-order valence-electron chi connectivity index (χ0n) is 11.2. The number of amides is 1. The number of rotatable bonds is 6. The Bertz CT molecular complexity index is 519. The molecule has 0 aliphatic carbocycles. The van der Waals surface area contributed by atoms with Gasteiger partial charge in [0, 0.05) is 17.8 Å². The molecule has 1 aromatic carbocycles. The second-order valence-corrected chi connectivity index (χ2v) is 5.73. The molecule has 0 fully saturated rings. The summed E-state index contributed by atoms with van der Waals surface area (Å²) in [4.78, 5) is 13.1. The maximum atomic E-state index is 11.7. The number of thiophene rings is 1. The first kappa shape index (κ1) is 13.8. The predicted octanol–water partition coefficient (Wildman–Crippen LogP) is 3.70. The molecule has 2 rings (SSSR count). The van der Waals surface area contributed by atoms with Gasteiger partial charge in [-0.15, -0.1) is 11.3 Å². The maximum absolute atomic E-state index is 11.7. The third-order valence-electron chi connectivity index (χ3n) is 2.98. The minimum Gasteiger partial charge on any atom is -0.352 e. The largest absolute Gasteiger partial charge is 0.352 e. The zero-order valence-corrected chi connectivity index (χ0v) is 12.0. The van der Waals surface area contributed by atoms with Crippen molar-refractivity contribution in [2.45, 2.75) is 32.7 Å². The molecule has 100 valence electrons. The molecular weight excluding hydrogens is 254 g/mol. The number of aryl methyl sites for hydroxylation is 2. The van der Waals surface area contributed by atoms with E-state index < -0.39 is 0 Å². The summed E-state index contributed by atoms with van der Waals surface area (Å²) in [7, 11) is 0. The number of nitrogens with one attached hydrogen (secondary N) is 1. The summed E-state index contributed by atoms with van der Waals surface area (Å²) in [6.45, 7) is 2.69. The van der Waals surface area contributed by atoms with Crippen LogP contribution < -0.4 is 5.32 Å². The van der Waals surface area contributed by atoms with Crippen molar-refractivity contribution in [1.82, 2.24) is 5.32 Å². The highest BCUT2D eigenvalue weighted by Crippen LogP contribution is 2.11. The van der Waals surface area contributed by atoms with Crippen LogP contribution in [0.2, 0.25) is 0 Å². The van der Waals surface area contributed by atoms with Gasteiger partial charge in [-0.25, -0.2) is 0 Å². The number of carbonyl (C=O) groups excluding carboxylic acids is 1. The maximum Gasteiger partial charge on any atom is 0.220 e. The van der Waals surface area contributed by atoms with Gasteiger partial charge in [-0.3, -0.25) is 4.79 Å². The topological polar surface area (TPSA) is 29.1 Å². The van der Waals surface area contributed by atoms with Gasteiger partial charge in [0.15, 0.2) is 0 Å². The van der Waals surface area contributed by atoms with E-state index in [4.69, 9.17) is 0 Å². The summed E-state index contributed by atoms with van der Waals surface area (Å²) in [6, 6.07) is 12.4. The van der Waals surface area contributed by atoms with Crippen molar-refractivity contribution in [3.05, 3.63) is 57.8 Å². The monoisotopic (exact) mass is 273 g/mol. The molecule has 2 aromatic rings. The van der Waals surface area contributed by atoms with Crippen molar-refractivity contribution in [2.24, 2.45) is 0 Å². The third kappa shape index (κ3) is 4.87. The molecule has 0 bridgehead atoms. The van der Waals surface area contributed by atoms with E-state index in [1.165, 1.54) is 10.4 Å². The van der Waals surface area contributed by atoms with Crippen molar-refractivity contribution in [3.63, 3.8) is 0 Å². The van der Waals surface area contributed by atoms with Gasteiger partial charge in [-0.2, -0.15) is 0 Å². The van der Waals surface area contributed by atoms with Crippen LogP contribution in [-0.4, -0.2) is 5.91 Å². The van der Waals surface area contributed by atoms with E-state index in [9.17, 15) is 4.79 Å². The van der Waals surface area contributed by atoms with Crippen molar-refractivity contribution in [1.29, 1.82) is 0 Å². The number of hydrogen-bond donors (Lipinski definition) is 1. The molecule has 1 N–H and O–H groups in total. The quantitative estimate of drug-likeness (QED) is 0.854. The Morgan fingerprint density at radius 3 is 2.89 bits per heavy atom. The van der Waals surface area contributed by atoms with Crippen LogP contribution >= 0.6 is 11.3 Å². The fourth-order valence-electron chi connectivity index (χ4n) is 1.99. The van der Waals surface area contributed by atoms with E-state index in [1.807, 2.05) is 12.1 Å². The van der Waals surface area contributed by atoms with Gasteiger partial charge in [0.1, 0.15) is 0 Å². The molecule has 0 unspecified atom stereocenters. The minimum atomic E-state index is 0.137. The average Bonchev–Trinajstić information content (AvgIpc) is 2.90. The first-order valence-electron chi connectivity index (χ1n) is 6.58. The first-order valence-corrected chi connectivity index (χ1v) is 7.46. The van der Waals surface area contributed by atoms with E-state index in [0.717, 1.165) is 18.4 Å². The molecule has 0 spiro atoms. The summed E-state index contributed by atoms with van der Waals surface area (Å²) in [5.74, 6) is 0.137. The lowest BCUT2D eigenvalue weighted by Gasteiger charge is -2.05. The van der Waals surface area contributed by atoms with Crippen LogP contribution in [-0.2, 0) is 17.8 Å². The average molecular weight is 273 g/mol. The second kappa shape index (κ2) is 7.10. The van der Waals surface area contributed by atoms with Crippen molar-refractivity contribution in [3.8, 4) is 0 Å². The molecule has 19 heavy (non-hydrogen) atoms. The van der Waals surface area contributed by atoms with Crippen molar-refractivity contribution < 1.29 is 4.79 Å². The van der Waals surface area contributed by atoms with Gasteiger partial charge in [-0.1, -0.05) is 35.9 Å². The molecule has 2 nitrogen and oxygen atoms in total. The number of carbonyl (C=O) groups is 1. The van der Waals surface area contributed by atoms with Gasteiger partial charge in [0.05, 0.1) is 0 Å². The lowest BCUT2D eigenvalue weighted by Crippen LogP contribution is -2.22. The number of benzene rings is 1. The highest BCUT2D eigenvalue weighted by atomic mass is 32.1. The standard InChI is InChI=1S/C16H19NOS/c1-13-5-2-6-14(11-13)12-17-16(18)9-3-7-15-8-4-10-19-15/h2,4-6,8,10-11H,3,7,9,12H2,1H3,(H,17,18). The highest BCUT2D eigenvalue weighted by molar-refractivity contribution is 7.09. The molecule has 0 saturated carbocycles. The smallest absolute Gasteiger partial charge is 0.220 e. The Labute approximate surface area is 118 Å². The predicted molar refractivity (Wildman–Crippen MR) is 80.3 cm³/mol. The van der Waals surface area contributed by atoms with Gasteiger partial charge in [-0.05, 0) is 36.8 Å². The van der Waals surface area contributed by atoms with E-state index in [1.54, 1.807) is 11.3 Å². The first-order chi connectivity index (χ1) is 9.24. The van der Waals surface area contributed by atoms with E-state index in [0.29, 0.717) is 13.0 Å². The summed E-state index contributed by atoms with van der Waals surface area (Å²) in [6.07, 6.45) is 2.51. The van der Waals surface area contributed by atoms with Crippen LogP contribution in [0.15, 0.2) is 41.8 Å². The van der Waals surface area contributed by atoms with Crippen LogP contribution in [0.4, 0.5) is 0 Å². The summed E-state index contributed by atoms with van der Waals surface area (Å²) >= 11 is 1.75. The van der Waals surface area contributed by atoms with Crippen LogP contribution in [0, 0.1) is 6.92 Å². The lowest BCUT2D eigenvalue weighted by molar-refractivity contribution is -0.121. The van der Waals surface area contributed by atoms with Gasteiger partial charge < -0.3 is 5.32 Å². The Morgan fingerprint density at radius 2 is 2.16 bits per heavy atom. The Kier molecular flexibility index (Phi) is 5.16. The Morgan fingerprint density at radius 1 is 1.26 bits per heavy atom. The molecule has 1 aromatic heterocycles. The molecule has 1 amide bonds. The third-order valence-corrected chi connectivity index (χ3v) is 3.92. The molecule has 3 heteroatoms. The normalized spacial score (nSPS) is 10.4. The van der Waals surface area contributed by atoms with Crippen LogP contribution in [0.25, 0.3) is 0 Å². The summed E-state index contributed by atoms with van der Waals surface area (Å²) in [5.41, 5.74) is 2.39. The fourth-order valence-corrected chi connectivity index (χ4v) is 2.74. The fraction of sp³-hybridized carbons (Fsp3) is 0.312. The van der Waals surface area contributed by atoms with E-state index in [-0.39, 0.29) is 5.91 Å². The van der Waals surface area contributed by atoms with Crippen LogP contribution in [0.3, 0.4) is 0 Å². The molecule has 0 aliphatic heterocycles. The molecular formula is C16H19NOS. The zero-order chi connectivity index (χ0) is 13.5. The highest BCUT2D eigenvalue weighted by Gasteiger charge is 2.02. The molecule has 0 saturated heterocycles. The summed E-state index contributed by atoms with van der Waals surface area (Å²) in [5, 5.41) is 5.05. The Hall–Kier alpha value is -1.61. The number of hydrogen-bond acceptors (Lipinski definition) is 2. The van der Waals surface area contributed by atoms with Crippen molar-refractivity contribution in [2.75, 3.05) is 0 Å².